The van der Waals surface area contributed by atoms with E-state index in [1.807, 2.05) is 0 Å². The number of carbonyl (C=O) groups excluding carboxylic acids is 2. The second-order valence-electron chi connectivity index (χ2n) is 3.85. The van der Waals surface area contributed by atoms with E-state index >= 15 is 0 Å². The summed E-state index contributed by atoms with van der Waals surface area (Å²) in [5.41, 5.74) is 0. The predicted molar refractivity (Wildman–Crippen MR) is 58.8 cm³/mol. The molecule has 0 aromatic heterocycles. The molecule has 2 amide bonds. The summed E-state index contributed by atoms with van der Waals surface area (Å²) in [5.74, 6) is 0.493. The molecule has 2 aliphatic heterocycles. The van der Waals surface area contributed by atoms with Crippen LogP contribution < -0.4 is 16.0 Å². The summed E-state index contributed by atoms with van der Waals surface area (Å²) in [6.45, 7) is 1.86. The van der Waals surface area contributed by atoms with Crippen molar-refractivity contribution in [3.63, 3.8) is 0 Å². The minimum Gasteiger partial charge on any atom is -0.350 e. The molecule has 0 radical (unpaired) electrons. The molecule has 0 aromatic carbocycles. The molecule has 0 bridgehead atoms. The zero-order valence-corrected chi connectivity index (χ0v) is 9.23. The number of piperidine rings is 1. The lowest BCUT2D eigenvalue weighted by Gasteiger charge is -2.24. The third kappa shape index (κ3) is 2.85. The van der Waals surface area contributed by atoms with Crippen LogP contribution in [0, 0.1) is 0 Å². The predicted octanol–water partition coefficient (Wildman–Crippen LogP) is -0.320. The van der Waals surface area contributed by atoms with Gasteiger partial charge in [0.25, 0.3) is 5.24 Å². The van der Waals surface area contributed by atoms with E-state index in [4.69, 9.17) is 0 Å². The lowest BCUT2D eigenvalue weighted by molar-refractivity contribution is -0.123. The van der Waals surface area contributed by atoms with Crippen LogP contribution in [0.5, 0.6) is 0 Å². The summed E-state index contributed by atoms with van der Waals surface area (Å²) in [4.78, 5) is 22.6. The summed E-state index contributed by atoms with van der Waals surface area (Å²) in [6.07, 6.45) is 2.11. The fraction of sp³-hybridized carbons (Fsp3) is 0.778. The standard InChI is InChI=1S/C9H15N3O2S/c13-8(7-5-15-9(14)12-7)11-6-2-1-3-10-4-6/h6-7,10H,1-5H2,(H,11,13)(H,12,14). The Labute approximate surface area is 92.7 Å². The van der Waals surface area contributed by atoms with Crippen molar-refractivity contribution < 1.29 is 9.59 Å². The molecule has 2 rings (SSSR count). The molecule has 6 heteroatoms. The van der Waals surface area contributed by atoms with Gasteiger partial charge in [-0.3, -0.25) is 9.59 Å². The Morgan fingerprint density at radius 2 is 2.40 bits per heavy atom. The van der Waals surface area contributed by atoms with Gasteiger partial charge < -0.3 is 16.0 Å². The van der Waals surface area contributed by atoms with Crippen molar-refractivity contribution in [1.29, 1.82) is 0 Å². The van der Waals surface area contributed by atoms with Crippen molar-refractivity contribution in [2.75, 3.05) is 18.8 Å². The van der Waals surface area contributed by atoms with E-state index in [1.54, 1.807) is 0 Å². The molecule has 0 saturated carbocycles. The Hall–Kier alpha value is -0.750. The molecule has 2 fully saturated rings. The Bertz CT molecular complexity index is 266. The number of carbonyl (C=O) groups is 2. The molecular formula is C9H15N3O2S. The van der Waals surface area contributed by atoms with Crippen LogP contribution in [0.4, 0.5) is 4.79 Å². The molecule has 84 valence electrons. The summed E-state index contributed by atoms with van der Waals surface area (Å²) in [5, 5.41) is 8.72. The van der Waals surface area contributed by atoms with Crippen LogP contribution in [0.15, 0.2) is 0 Å². The van der Waals surface area contributed by atoms with Gasteiger partial charge in [-0.1, -0.05) is 11.8 Å². The number of hydrogen-bond donors (Lipinski definition) is 3. The lowest BCUT2D eigenvalue weighted by Crippen LogP contribution is -2.51. The Balaban J connectivity index is 1.78. The second-order valence-corrected chi connectivity index (χ2v) is 4.84. The summed E-state index contributed by atoms with van der Waals surface area (Å²) in [6, 6.07) is -0.127. The number of amides is 2. The van der Waals surface area contributed by atoms with Crippen LogP contribution in [-0.4, -0.2) is 42.1 Å². The van der Waals surface area contributed by atoms with E-state index in [-0.39, 0.29) is 23.2 Å². The molecule has 15 heavy (non-hydrogen) atoms. The molecule has 0 spiro atoms. The first-order chi connectivity index (χ1) is 7.25. The van der Waals surface area contributed by atoms with Gasteiger partial charge >= 0.3 is 0 Å². The van der Waals surface area contributed by atoms with E-state index in [9.17, 15) is 9.59 Å². The van der Waals surface area contributed by atoms with Gasteiger partial charge in [-0.05, 0) is 19.4 Å². The van der Waals surface area contributed by atoms with Crippen LogP contribution in [0.2, 0.25) is 0 Å². The van der Waals surface area contributed by atoms with Gasteiger partial charge in [-0.15, -0.1) is 0 Å². The third-order valence-electron chi connectivity index (χ3n) is 2.63. The zero-order valence-electron chi connectivity index (χ0n) is 8.41. The van der Waals surface area contributed by atoms with Gasteiger partial charge in [-0.2, -0.15) is 0 Å². The summed E-state index contributed by atoms with van der Waals surface area (Å²) >= 11 is 1.17. The maximum absolute atomic E-state index is 11.7. The Morgan fingerprint density at radius 3 is 3.00 bits per heavy atom. The van der Waals surface area contributed by atoms with Crippen LogP contribution in [0.1, 0.15) is 12.8 Å². The number of hydrogen-bond acceptors (Lipinski definition) is 4. The highest BCUT2D eigenvalue weighted by Crippen LogP contribution is 2.13. The molecule has 2 aliphatic rings. The lowest BCUT2D eigenvalue weighted by atomic mass is 10.1. The van der Waals surface area contributed by atoms with Crippen molar-refractivity contribution in [2.45, 2.75) is 24.9 Å². The number of thioether (sulfide) groups is 1. The van der Waals surface area contributed by atoms with Crippen LogP contribution in [0.3, 0.4) is 0 Å². The van der Waals surface area contributed by atoms with E-state index < -0.39 is 0 Å². The Morgan fingerprint density at radius 1 is 1.53 bits per heavy atom. The van der Waals surface area contributed by atoms with Crippen molar-refractivity contribution in [3.05, 3.63) is 0 Å². The van der Waals surface area contributed by atoms with Crippen molar-refractivity contribution in [1.82, 2.24) is 16.0 Å². The SMILES string of the molecule is O=C1NC(C(=O)NC2CCCNC2)CS1. The highest BCUT2D eigenvalue weighted by atomic mass is 32.2. The average Bonchev–Trinajstić information content (AvgIpc) is 2.66. The fourth-order valence-electron chi connectivity index (χ4n) is 1.80. The minimum atomic E-state index is -0.343. The zero-order chi connectivity index (χ0) is 10.7. The first kappa shape index (κ1) is 10.8. The van der Waals surface area contributed by atoms with E-state index in [0.717, 1.165) is 25.9 Å². The largest absolute Gasteiger partial charge is 0.350 e. The summed E-state index contributed by atoms with van der Waals surface area (Å²) in [7, 11) is 0. The highest BCUT2D eigenvalue weighted by molar-refractivity contribution is 8.14. The minimum absolute atomic E-state index is 0.0537. The van der Waals surface area contributed by atoms with Gasteiger partial charge in [0.05, 0.1) is 0 Å². The maximum atomic E-state index is 11.7. The number of rotatable bonds is 2. The third-order valence-corrected chi connectivity index (χ3v) is 3.51. The normalized spacial score (nSPS) is 31.1. The molecule has 2 atom stereocenters. The highest BCUT2D eigenvalue weighted by Gasteiger charge is 2.29. The number of nitrogens with one attached hydrogen (secondary N) is 3. The van der Waals surface area contributed by atoms with Crippen molar-refractivity contribution >= 4 is 22.9 Å². The first-order valence-corrected chi connectivity index (χ1v) is 6.18. The molecule has 5 nitrogen and oxygen atoms in total. The van der Waals surface area contributed by atoms with Crippen LogP contribution in [0.25, 0.3) is 0 Å². The maximum Gasteiger partial charge on any atom is 0.279 e. The summed E-state index contributed by atoms with van der Waals surface area (Å²) < 4.78 is 0. The van der Waals surface area contributed by atoms with Crippen LogP contribution >= 0.6 is 11.8 Å². The molecule has 2 heterocycles. The van der Waals surface area contributed by atoms with Crippen molar-refractivity contribution in [3.8, 4) is 0 Å². The van der Waals surface area contributed by atoms with Gasteiger partial charge in [0.1, 0.15) is 6.04 Å². The fourth-order valence-corrected chi connectivity index (χ4v) is 2.58. The quantitative estimate of drug-likeness (QED) is 0.607. The van der Waals surface area contributed by atoms with Gasteiger partial charge in [-0.25, -0.2) is 0 Å². The Kier molecular flexibility index (Phi) is 3.48. The smallest absolute Gasteiger partial charge is 0.279 e. The van der Waals surface area contributed by atoms with Crippen molar-refractivity contribution in [2.24, 2.45) is 0 Å². The topological polar surface area (TPSA) is 70.2 Å². The van der Waals surface area contributed by atoms with Gasteiger partial charge in [0, 0.05) is 18.3 Å². The molecule has 2 unspecified atom stereocenters. The first-order valence-electron chi connectivity index (χ1n) is 5.20. The molecule has 2 saturated heterocycles. The van der Waals surface area contributed by atoms with Gasteiger partial charge in [0.15, 0.2) is 0 Å². The molecule has 0 aromatic rings. The van der Waals surface area contributed by atoms with Crippen LogP contribution in [-0.2, 0) is 4.79 Å². The second kappa shape index (κ2) is 4.85. The molecule has 3 N–H and O–H groups in total. The molecule has 0 aliphatic carbocycles. The average molecular weight is 229 g/mol. The monoisotopic (exact) mass is 229 g/mol. The van der Waals surface area contributed by atoms with Gasteiger partial charge in [0.2, 0.25) is 5.91 Å². The van der Waals surface area contributed by atoms with E-state index in [0.29, 0.717) is 5.75 Å². The molecular weight excluding hydrogens is 214 g/mol. The van der Waals surface area contributed by atoms with E-state index in [1.165, 1.54) is 11.8 Å². The van der Waals surface area contributed by atoms with E-state index in [2.05, 4.69) is 16.0 Å².